The van der Waals surface area contributed by atoms with Crippen LogP contribution in [0.25, 0.3) is 39.2 Å². The molecule has 0 fully saturated rings. The van der Waals surface area contributed by atoms with Crippen LogP contribution in [0.15, 0.2) is 97.3 Å². The lowest BCUT2D eigenvalue weighted by atomic mass is 9.90. The van der Waals surface area contributed by atoms with E-state index in [0.29, 0.717) is 0 Å². The van der Waals surface area contributed by atoms with Crippen LogP contribution in [0.2, 0.25) is 0 Å². The average Bonchev–Trinajstić information content (AvgIpc) is 3.31. The number of aromatic nitrogens is 2. The second kappa shape index (κ2) is 10.1. The Morgan fingerprint density at radius 2 is 1.49 bits per heavy atom. The largest absolute Gasteiger partial charge is 0.351 e. The fraction of sp³-hybridized carbons (Fsp3) is 0.171. The van der Waals surface area contributed by atoms with Crippen molar-refractivity contribution < 1.29 is 0 Å². The molecule has 2 heteroatoms. The molecule has 0 amide bonds. The van der Waals surface area contributed by atoms with E-state index in [0.717, 1.165) is 16.8 Å². The van der Waals surface area contributed by atoms with Crippen molar-refractivity contribution in [1.29, 1.82) is 0 Å². The molecule has 0 N–H and O–H groups in total. The molecule has 5 rings (SSSR count). The molecule has 0 spiro atoms. The van der Waals surface area contributed by atoms with Gasteiger partial charge in [-0.05, 0) is 109 Å². The van der Waals surface area contributed by atoms with E-state index in [-0.39, 0.29) is 0 Å². The maximum Gasteiger partial charge on any atom is 0.0702 e. The monoisotopic (exact) mass is 482 g/mol. The highest BCUT2D eigenvalue weighted by Gasteiger charge is 2.13. The van der Waals surface area contributed by atoms with Gasteiger partial charge in [-0.15, -0.1) is 0 Å². The molecule has 184 valence electrons. The minimum absolute atomic E-state index is 0.987. The smallest absolute Gasteiger partial charge is 0.0702 e. The van der Waals surface area contributed by atoms with Gasteiger partial charge in [0.15, 0.2) is 0 Å². The number of pyridine rings is 1. The van der Waals surface area contributed by atoms with Gasteiger partial charge in [0.25, 0.3) is 0 Å². The highest BCUT2D eigenvalue weighted by molar-refractivity contribution is 5.85. The minimum atomic E-state index is 0.987. The average molecular weight is 483 g/mol. The number of nitrogens with zero attached hydrogens (tertiary/aromatic N) is 2. The maximum absolute atomic E-state index is 4.89. The normalized spacial score (nSPS) is 11.7. The van der Waals surface area contributed by atoms with Crippen LogP contribution in [0.1, 0.15) is 40.3 Å². The molecule has 0 aliphatic heterocycles. The van der Waals surface area contributed by atoms with Gasteiger partial charge >= 0.3 is 0 Å². The van der Waals surface area contributed by atoms with E-state index in [1.54, 1.807) is 0 Å². The second-order valence-electron chi connectivity index (χ2n) is 10.0. The summed E-state index contributed by atoms with van der Waals surface area (Å²) < 4.78 is 2.16. The Morgan fingerprint density at radius 1 is 0.730 bits per heavy atom. The summed E-state index contributed by atoms with van der Waals surface area (Å²) in [6, 6.07) is 28.6. The molecule has 0 unspecified atom stereocenters. The second-order valence-corrected chi connectivity index (χ2v) is 10.0. The molecule has 37 heavy (non-hydrogen) atoms. The summed E-state index contributed by atoms with van der Waals surface area (Å²) >= 11 is 0. The van der Waals surface area contributed by atoms with Gasteiger partial charge in [0, 0.05) is 36.3 Å². The van der Waals surface area contributed by atoms with Gasteiger partial charge in [0.1, 0.15) is 0 Å². The SMILES string of the molecule is C/C=C(/c1cccc(-c2cccn2C)c1)c1cc(-c2ccc(-c3c(C)cc(C)cc3C)cn2)ccc1C. The van der Waals surface area contributed by atoms with E-state index in [1.165, 1.54) is 55.8 Å². The van der Waals surface area contributed by atoms with Crippen LogP contribution in [-0.4, -0.2) is 9.55 Å². The summed E-state index contributed by atoms with van der Waals surface area (Å²) in [5, 5.41) is 0. The van der Waals surface area contributed by atoms with Crippen molar-refractivity contribution >= 4 is 5.57 Å². The summed E-state index contributed by atoms with van der Waals surface area (Å²) in [6.07, 6.45) is 6.32. The maximum atomic E-state index is 4.89. The van der Waals surface area contributed by atoms with E-state index in [1.807, 2.05) is 6.20 Å². The zero-order valence-corrected chi connectivity index (χ0v) is 22.6. The molecule has 0 atom stereocenters. The van der Waals surface area contributed by atoms with Gasteiger partial charge < -0.3 is 4.57 Å². The number of allylic oxidation sites excluding steroid dienone is 1. The molecule has 0 radical (unpaired) electrons. The predicted octanol–water partition coefficient (Wildman–Crippen LogP) is 9.11. The third-order valence-corrected chi connectivity index (χ3v) is 7.25. The fourth-order valence-corrected chi connectivity index (χ4v) is 5.50. The Kier molecular flexibility index (Phi) is 6.67. The molecular weight excluding hydrogens is 448 g/mol. The number of hydrogen-bond acceptors (Lipinski definition) is 1. The molecule has 0 saturated heterocycles. The minimum Gasteiger partial charge on any atom is -0.351 e. The molecule has 5 aromatic rings. The number of benzene rings is 3. The van der Waals surface area contributed by atoms with Crippen LogP contribution in [0.3, 0.4) is 0 Å². The summed E-state index contributed by atoms with van der Waals surface area (Å²) in [5.74, 6) is 0. The molecule has 0 bridgehead atoms. The van der Waals surface area contributed by atoms with Crippen molar-refractivity contribution in [2.45, 2.75) is 34.6 Å². The highest BCUT2D eigenvalue weighted by Crippen LogP contribution is 2.33. The molecule has 3 aromatic carbocycles. The molecule has 0 aliphatic rings. The standard InChI is InChI=1S/C35H34N2/c1-7-31(27-10-8-11-29(20-27)34-12-9-17-37(34)6)32-21-28(14-13-24(32)3)33-16-15-30(22-36-33)35-25(4)18-23(2)19-26(35)5/h7-22H,1-6H3/b31-7-. The quantitative estimate of drug-likeness (QED) is 0.244. The zero-order chi connectivity index (χ0) is 26.1. The number of hydrogen-bond donors (Lipinski definition) is 0. The highest BCUT2D eigenvalue weighted by atomic mass is 14.9. The first-order chi connectivity index (χ1) is 17.9. The van der Waals surface area contributed by atoms with Crippen LogP contribution >= 0.6 is 0 Å². The Morgan fingerprint density at radius 3 is 2.14 bits per heavy atom. The Hall–Kier alpha value is -4.17. The van der Waals surface area contributed by atoms with Crippen molar-refractivity contribution in [3.8, 4) is 33.6 Å². The van der Waals surface area contributed by atoms with Crippen LogP contribution in [-0.2, 0) is 7.05 Å². The summed E-state index contributed by atoms with van der Waals surface area (Å²) in [4.78, 5) is 4.89. The predicted molar refractivity (Wildman–Crippen MR) is 158 cm³/mol. The summed E-state index contributed by atoms with van der Waals surface area (Å²) in [5.41, 5.74) is 15.8. The van der Waals surface area contributed by atoms with Crippen LogP contribution in [0.5, 0.6) is 0 Å². The first kappa shape index (κ1) is 24.5. The Balaban J connectivity index is 1.51. The first-order valence-electron chi connectivity index (χ1n) is 12.9. The van der Waals surface area contributed by atoms with Crippen LogP contribution < -0.4 is 0 Å². The molecule has 0 saturated carbocycles. The van der Waals surface area contributed by atoms with Gasteiger partial charge in [0.2, 0.25) is 0 Å². The Labute approximate surface area is 221 Å². The Bertz CT molecular complexity index is 1590. The lowest BCUT2D eigenvalue weighted by Crippen LogP contribution is -1.96. The van der Waals surface area contributed by atoms with E-state index >= 15 is 0 Å². The van der Waals surface area contributed by atoms with Gasteiger partial charge in [-0.1, -0.05) is 60.2 Å². The van der Waals surface area contributed by atoms with Crippen molar-refractivity contribution in [3.63, 3.8) is 0 Å². The van der Waals surface area contributed by atoms with Crippen LogP contribution in [0, 0.1) is 27.7 Å². The van der Waals surface area contributed by atoms with E-state index < -0.39 is 0 Å². The van der Waals surface area contributed by atoms with E-state index in [9.17, 15) is 0 Å². The molecule has 2 nitrogen and oxygen atoms in total. The van der Waals surface area contributed by atoms with E-state index in [4.69, 9.17) is 4.98 Å². The van der Waals surface area contributed by atoms with E-state index in [2.05, 4.69) is 137 Å². The third-order valence-electron chi connectivity index (χ3n) is 7.25. The van der Waals surface area contributed by atoms with Gasteiger partial charge in [0.05, 0.1) is 5.69 Å². The number of aryl methyl sites for hydroxylation is 5. The number of rotatable bonds is 5. The summed E-state index contributed by atoms with van der Waals surface area (Å²) in [7, 11) is 2.09. The summed E-state index contributed by atoms with van der Waals surface area (Å²) in [6.45, 7) is 10.8. The fourth-order valence-electron chi connectivity index (χ4n) is 5.50. The molecular formula is C35H34N2. The van der Waals surface area contributed by atoms with Crippen molar-refractivity contribution in [2.24, 2.45) is 7.05 Å². The van der Waals surface area contributed by atoms with Crippen molar-refractivity contribution in [3.05, 3.63) is 131 Å². The van der Waals surface area contributed by atoms with Crippen molar-refractivity contribution in [2.75, 3.05) is 0 Å². The first-order valence-corrected chi connectivity index (χ1v) is 12.9. The lowest BCUT2D eigenvalue weighted by molar-refractivity contribution is 0.937. The third kappa shape index (κ3) is 4.80. The van der Waals surface area contributed by atoms with Gasteiger partial charge in [-0.25, -0.2) is 0 Å². The topological polar surface area (TPSA) is 17.8 Å². The van der Waals surface area contributed by atoms with Gasteiger partial charge in [-0.3, -0.25) is 4.98 Å². The van der Waals surface area contributed by atoms with Crippen LogP contribution in [0.4, 0.5) is 0 Å². The molecule has 2 heterocycles. The zero-order valence-electron chi connectivity index (χ0n) is 22.6. The lowest BCUT2D eigenvalue weighted by Gasteiger charge is -2.15. The van der Waals surface area contributed by atoms with Crippen molar-refractivity contribution in [1.82, 2.24) is 9.55 Å². The molecule has 2 aromatic heterocycles. The van der Waals surface area contributed by atoms with Gasteiger partial charge in [-0.2, -0.15) is 0 Å². The molecule has 0 aliphatic carbocycles.